The smallest absolute Gasteiger partial charge is 0.261 e. The van der Waals surface area contributed by atoms with Crippen molar-refractivity contribution in [2.75, 3.05) is 13.7 Å². The summed E-state index contributed by atoms with van der Waals surface area (Å²) in [6.07, 6.45) is 0.379. The summed E-state index contributed by atoms with van der Waals surface area (Å²) in [5.41, 5.74) is 2.97. The Hall–Kier alpha value is -2.83. The van der Waals surface area contributed by atoms with Gasteiger partial charge in [-0.05, 0) is 62.3 Å². The van der Waals surface area contributed by atoms with Gasteiger partial charge in [-0.1, -0.05) is 80.9 Å². The van der Waals surface area contributed by atoms with Gasteiger partial charge < -0.3 is 15.0 Å². The second-order valence-corrected chi connectivity index (χ2v) is 10.9. The number of carbonyl (C=O) groups is 2. The summed E-state index contributed by atoms with van der Waals surface area (Å²) < 4.78 is 6.70. The minimum absolute atomic E-state index is 0.00950. The van der Waals surface area contributed by atoms with Crippen molar-refractivity contribution in [3.05, 3.63) is 99.0 Å². The number of nitrogens with zero attached hydrogens (tertiary/aromatic N) is 1. The maximum absolute atomic E-state index is 13.6. The predicted molar refractivity (Wildman–Crippen MR) is 148 cm³/mol. The van der Waals surface area contributed by atoms with Gasteiger partial charge >= 0.3 is 0 Å². The lowest BCUT2D eigenvalue weighted by Gasteiger charge is -2.31. The molecule has 0 aromatic heterocycles. The lowest BCUT2D eigenvalue weighted by molar-refractivity contribution is -0.142. The predicted octanol–water partition coefficient (Wildman–Crippen LogP) is 6.16. The minimum atomic E-state index is -0.712. The van der Waals surface area contributed by atoms with Gasteiger partial charge in [-0.3, -0.25) is 9.59 Å². The first-order valence-corrected chi connectivity index (χ1v) is 13.0. The third-order valence-electron chi connectivity index (χ3n) is 5.93. The molecule has 0 saturated carbocycles. The molecule has 0 bridgehead atoms. The Morgan fingerprint density at radius 2 is 1.67 bits per heavy atom. The summed E-state index contributed by atoms with van der Waals surface area (Å²) in [6.45, 7) is 6.45. The molecular weight excluding hydrogens is 540 g/mol. The van der Waals surface area contributed by atoms with Gasteiger partial charge in [0.1, 0.15) is 11.8 Å². The van der Waals surface area contributed by atoms with Crippen molar-refractivity contribution in [2.45, 2.75) is 45.2 Å². The number of hydrogen-bond acceptors (Lipinski definition) is 3. The first-order valence-electron chi connectivity index (χ1n) is 11.8. The molecular formula is C29H32BrClN2O3. The van der Waals surface area contributed by atoms with E-state index >= 15 is 0 Å². The average molecular weight is 572 g/mol. The zero-order valence-electron chi connectivity index (χ0n) is 21.1. The Bertz CT molecular complexity index is 1180. The van der Waals surface area contributed by atoms with Crippen LogP contribution in [0.25, 0.3) is 0 Å². The summed E-state index contributed by atoms with van der Waals surface area (Å²) in [6, 6.07) is 22.1. The number of halogens is 2. The van der Waals surface area contributed by atoms with Gasteiger partial charge in [0.2, 0.25) is 5.91 Å². The lowest BCUT2D eigenvalue weighted by Crippen LogP contribution is -2.51. The van der Waals surface area contributed by atoms with Gasteiger partial charge in [0.05, 0.1) is 4.47 Å². The van der Waals surface area contributed by atoms with Crippen LogP contribution in [0.5, 0.6) is 5.75 Å². The normalized spacial score (nSPS) is 12.1. The highest BCUT2D eigenvalue weighted by Gasteiger charge is 2.30. The highest BCUT2D eigenvalue weighted by atomic mass is 79.9. The average Bonchev–Trinajstić information content (AvgIpc) is 2.86. The Labute approximate surface area is 226 Å². The van der Waals surface area contributed by atoms with Gasteiger partial charge in [-0.25, -0.2) is 0 Å². The van der Waals surface area contributed by atoms with Crippen molar-refractivity contribution in [2.24, 2.45) is 0 Å². The molecule has 0 fully saturated rings. The number of ether oxygens (including phenoxy) is 1. The monoisotopic (exact) mass is 570 g/mol. The van der Waals surface area contributed by atoms with Crippen LogP contribution in [0.2, 0.25) is 5.02 Å². The Kier molecular flexibility index (Phi) is 9.57. The van der Waals surface area contributed by atoms with Crippen LogP contribution in [0.4, 0.5) is 0 Å². The molecule has 2 amide bonds. The third kappa shape index (κ3) is 7.58. The Morgan fingerprint density at radius 3 is 2.25 bits per heavy atom. The molecule has 3 aromatic carbocycles. The second-order valence-electron chi connectivity index (χ2n) is 9.65. The topological polar surface area (TPSA) is 58.6 Å². The molecule has 0 radical (unpaired) electrons. The van der Waals surface area contributed by atoms with E-state index in [-0.39, 0.29) is 30.4 Å². The largest absolute Gasteiger partial charge is 0.483 e. The lowest BCUT2D eigenvalue weighted by atomic mass is 9.87. The summed E-state index contributed by atoms with van der Waals surface area (Å²) in [7, 11) is 1.58. The van der Waals surface area contributed by atoms with Crippen molar-refractivity contribution < 1.29 is 14.3 Å². The third-order valence-corrected chi connectivity index (χ3v) is 6.80. The number of benzene rings is 3. The van der Waals surface area contributed by atoms with E-state index in [1.165, 1.54) is 0 Å². The molecule has 0 aliphatic heterocycles. The zero-order chi connectivity index (χ0) is 26.3. The molecule has 1 N–H and O–H groups in total. The van der Waals surface area contributed by atoms with Crippen molar-refractivity contribution >= 4 is 39.3 Å². The Balaban J connectivity index is 1.86. The number of nitrogens with one attached hydrogen (secondary N) is 1. The van der Waals surface area contributed by atoms with Gasteiger partial charge in [0, 0.05) is 25.0 Å². The summed E-state index contributed by atoms with van der Waals surface area (Å²) in [5.74, 6) is 0.0421. The highest BCUT2D eigenvalue weighted by Crippen LogP contribution is 2.31. The number of hydrogen-bond donors (Lipinski definition) is 1. The molecule has 5 nitrogen and oxygen atoms in total. The summed E-state index contributed by atoms with van der Waals surface area (Å²) in [5, 5.41) is 3.32. The Morgan fingerprint density at radius 1 is 1.00 bits per heavy atom. The molecule has 190 valence electrons. The van der Waals surface area contributed by atoms with Crippen molar-refractivity contribution in [1.82, 2.24) is 10.2 Å². The molecule has 0 unspecified atom stereocenters. The van der Waals surface area contributed by atoms with Crippen molar-refractivity contribution in [3.63, 3.8) is 0 Å². The van der Waals surface area contributed by atoms with Crippen LogP contribution in [0, 0.1) is 0 Å². The second kappa shape index (κ2) is 12.4. The fourth-order valence-corrected chi connectivity index (χ4v) is 4.43. The number of likely N-dealkylation sites (N-methyl/N-ethyl adjacent to an activating group) is 1. The van der Waals surface area contributed by atoms with Gasteiger partial charge in [-0.2, -0.15) is 0 Å². The molecule has 0 aliphatic rings. The number of rotatable bonds is 9. The van der Waals surface area contributed by atoms with Gasteiger partial charge in [0.25, 0.3) is 5.91 Å². The van der Waals surface area contributed by atoms with E-state index in [4.69, 9.17) is 16.3 Å². The van der Waals surface area contributed by atoms with E-state index in [0.29, 0.717) is 17.2 Å². The molecule has 0 saturated heterocycles. The van der Waals surface area contributed by atoms with Crippen LogP contribution in [-0.4, -0.2) is 36.4 Å². The molecule has 0 spiro atoms. The van der Waals surface area contributed by atoms with Gasteiger partial charge in [0.15, 0.2) is 6.61 Å². The van der Waals surface area contributed by atoms with E-state index in [1.54, 1.807) is 24.1 Å². The van der Waals surface area contributed by atoms with E-state index in [0.717, 1.165) is 21.2 Å². The van der Waals surface area contributed by atoms with E-state index in [9.17, 15) is 9.59 Å². The fourth-order valence-electron chi connectivity index (χ4n) is 3.81. The van der Waals surface area contributed by atoms with Crippen LogP contribution in [0.15, 0.2) is 77.3 Å². The molecule has 1 atom stereocenters. The van der Waals surface area contributed by atoms with Crippen molar-refractivity contribution in [3.8, 4) is 5.75 Å². The highest BCUT2D eigenvalue weighted by molar-refractivity contribution is 9.10. The maximum atomic E-state index is 13.6. The standard InChI is InChI=1S/C29H32BrClN2O3/c1-29(2,3)22-12-15-26(24(30)17-22)36-19-27(34)33(18-21-10-13-23(31)14-11-21)25(28(35)32-4)16-20-8-6-5-7-9-20/h5-15,17,25H,16,18-19H2,1-4H3,(H,32,35)/t25-/m0/s1. The van der Waals surface area contributed by atoms with Crippen molar-refractivity contribution in [1.29, 1.82) is 0 Å². The molecule has 3 aromatic rings. The zero-order valence-corrected chi connectivity index (χ0v) is 23.4. The molecule has 0 aliphatic carbocycles. The SMILES string of the molecule is CNC(=O)[C@H](Cc1ccccc1)N(Cc1ccc(Cl)cc1)C(=O)COc1ccc(C(C)(C)C)cc1Br. The van der Waals surface area contributed by atoms with Crippen LogP contribution in [0.3, 0.4) is 0 Å². The first kappa shape index (κ1) is 27.8. The minimum Gasteiger partial charge on any atom is -0.483 e. The van der Waals surface area contributed by atoms with Crippen LogP contribution in [0.1, 0.15) is 37.5 Å². The van der Waals surface area contributed by atoms with E-state index in [1.807, 2.05) is 60.7 Å². The molecule has 36 heavy (non-hydrogen) atoms. The van der Waals surface area contributed by atoms with Crippen LogP contribution >= 0.6 is 27.5 Å². The van der Waals surface area contributed by atoms with E-state index in [2.05, 4.69) is 42.0 Å². The number of carbonyl (C=O) groups excluding carboxylic acids is 2. The molecule has 0 heterocycles. The van der Waals surface area contributed by atoms with Gasteiger partial charge in [-0.15, -0.1) is 0 Å². The summed E-state index contributed by atoms with van der Waals surface area (Å²) in [4.78, 5) is 28.1. The van der Waals surface area contributed by atoms with Crippen LogP contribution < -0.4 is 10.1 Å². The number of amides is 2. The maximum Gasteiger partial charge on any atom is 0.261 e. The van der Waals surface area contributed by atoms with E-state index < -0.39 is 6.04 Å². The summed E-state index contributed by atoms with van der Waals surface area (Å²) >= 11 is 9.62. The molecule has 7 heteroatoms. The first-order chi connectivity index (χ1) is 17.1. The molecule has 3 rings (SSSR count). The van der Waals surface area contributed by atoms with Crippen LogP contribution in [-0.2, 0) is 28.0 Å². The fraction of sp³-hybridized carbons (Fsp3) is 0.310. The quantitative estimate of drug-likeness (QED) is 0.334.